The lowest BCUT2D eigenvalue weighted by atomic mass is 10.1. The van der Waals surface area contributed by atoms with Gasteiger partial charge in [-0.05, 0) is 54.8 Å². The summed E-state index contributed by atoms with van der Waals surface area (Å²) in [5, 5.41) is 0. The molecule has 0 spiro atoms. The highest BCUT2D eigenvalue weighted by atomic mass is 32.2. The largest absolute Gasteiger partial charge is 0.497 e. The van der Waals surface area contributed by atoms with Gasteiger partial charge in [0.25, 0.3) is 0 Å². The van der Waals surface area contributed by atoms with Crippen molar-refractivity contribution in [2.45, 2.75) is 25.3 Å². The van der Waals surface area contributed by atoms with E-state index in [1.165, 1.54) is 11.4 Å². The van der Waals surface area contributed by atoms with Crippen LogP contribution in [0, 0.1) is 13.8 Å². The Balaban J connectivity index is 1.50. The third-order valence-electron chi connectivity index (χ3n) is 5.44. The summed E-state index contributed by atoms with van der Waals surface area (Å²) in [7, 11) is 1.05. The number of hydrogen-bond donors (Lipinski definition) is 1. The first-order valence-electron chi connectivity index (χ1n) is 10.5. The van der Waals surface area contributed by atoms with Crippen LogP contribution in [0.25, 0.3) is 11.0 Å². The minimum absolute atomic E-state index is 0.101. The van der Waals surface area contributed by atoms with Gasteiger partial charge in [-0.25, -0.2) is 13.4 Å². The Bertz CT molecular complexity index is 1220. The summed E-state index contributed by atoms with van der Waals surface area (Å²) in [5.74, 6) is 0.425. The molecule has 1 amide bonds. The van der Waals surface area contributed by atoms with E-state index in [4.69, 9.17) is 9.47 Å². The third kappa shape index (κ3) is 5.70. The first-order valence-corrected chi connectivity index (χ1v) is 11.9. The van der Waals surface area contributed by atoms with Crippen molar-refractivity contribution in [2.24, 2.45) is 0 Å². The minimum Gasteiger partial charge on any atom is -0.497 e. The molecule has 0 radical (unpaired) electrons. The van der Waals surface area contributed by atoms with E-state index in [-0.39, 0.29) is 30.6 Å². The minimum atomic E-state index is -3.70. The molecule has 1 heterocycles. The normalized spacial score (nSPS) is 11.8. The van der Waals surface area contributed by atoms with E-state index in [1.807, 2.05) is 18.2 Å². The molecule has 0 atom stereocenters. The fourth-order valence-corrected chi connectivity index (χ4v) is 5.18. The molecule has 3 rings (SSSR count). The number of benzene rings is 2. The van der Waals surface area contributed by atoms with Crippen LogP contribution >= 0.6 is 0 Å². The molecule has 1 N–H and O–H groups in total. The number of nitrogens with zero attached hydrogens (tertiary/aromatic N) is 3. The second-order valence-electron chi connectivity index (χ2n) is 7.97. The Hall–Kier alpha value is -2.95. The van der Waals surface area contributed by atoms with Crippen molar-refractivity contribution in [3.8, 4) is 5.75 Å². The Morgan fingerprint density at radius 1 is 1.12 bits per heavy atom. The van der Waals surface area contributed by atoms with Gasteiger partial charge in [-0.15, -0.1) is 0 Å². The van der Waals surface area contributed by atoms with Crippen molar-refractivity contribution in [3.05, 3.63) is 53.3 Å². The lowest BCUT2D eigenvalue weighted by Crippen LogP contribution is -2.33. The Labute approximate surface area is 194 Å². The van der Waals surface area contributed by atoms with Gasteiger partial charge in [0.15, 0.2) is 0 Å². The number of nitrogens with one attached hydrogen (secondary N) is 1. The lowest BCUT2D eigenvalue weighted by Gasteiger charge is -2.21. The van der Waals surface area contributed by atoms with Crippen LogP contribution in [0.3, 0.4) is 0 Å². The molecule has 0 fully saturated rings. The number of methoxy groups -OCH3 is 1. The average molecular weight is 475 g/mol. The topological polar surface area (TPSA) is 105 Å². The number of likely N-dealkylation sites (N-methyl/N-ethyl adjacent to an activating group) is 2. The first-order chi connectivity index (χ1) is 15.6. The highest BCUT2D eigenvalue weighted by Crippen LogP contribution is 2.27. The zero-order chi connectivity index (χ0) is 24.2. The van der Waals surface area contributed by atoms with E-state index in [0.717, 1.165) is 16.6 Å². The van der Waals surface area contributed by atoms with Crippen molar-refractivity contribution >= 4 is 27.0 Å². The van der Waals surface area contributed by atoms with E-state index in [1.54, 1.807) is 51.4 Å². The van der Waals surface area contributed by atoms with Crippen molar-refractivity contribution < 1.29 is 22.7 Å². The fraction of sp³-hybridized carbons (Fsp3) is 0.391. The third-order valence-corrected chi connectivity index (χ3v) is 7.61. The summed E-state index contributed by atoms with van der Waals surface area (Å²) < 4.78 is 38.0. The fourth-order valence-electron chi connectivity index (χ4n) is 3.62. The predicted octanol–water partition coefficient (Wildman–Crippen LogP) is 2.48. The maximum atomic E-state index is 13.0. The molecule has 0 aliphatic heterocycles. The van der Waals surface area contributed by atoms with Gasteiger partial charge < -0.3 is 19.4 Å². The molecule has 3 aromatic rings. The van der Waals surface area contributed by atoms with Gasteiger partial charge in [0.05, 0.1) is 36.0 Å². The molecule has 0 aliphatic rings. The van der Waals surface area contributed by atoms with Gasteiger partial charge >= 0.3 is 0 Å². The average Bonchev–Trinajstić information content (AvgIpc) is 3.23. The predicted molar refractivity (Wildman–Crippen MR) is 126 cm³/mol. The Morgan fingerprint density at radius 3 is 2.48 bits per heavy atom. The first kappa shape index (κ1) is 24.7. The second kappa shape index (κ2) is 10.3. The van der Waals surface area contributed by atoms with Crippen LogP contribution in [0.4, 0.5) is 0 Å². The molecular formula is C23H30N4O5S. The lowest BCUT2D eigenvalue weighted by molar-refractivity contribution is -0.135. The summed E-state index contributed by atoms with van der Waals surface area (Å²) in [6.07, 6.45) is 1.63. The highest BCUT2D eigenvalue weighted by Gasteiger charge is 2.25. The van der Waals surface area contributed by atoms with E-state index in [2.05, 4.69) is 9.97 Å². The van der Waals surface area contributed by atoms with Crippen LogP contribution in [0.1, 0.15) is 16.7 Å². The number of aryl methyl sites for hydroxylation is 2. The van der Waals surface area contributed by atoms with Crippen LogP contribution in [0.15, 0.2) is 41.6 Å². The van der Waals surface area contributed by atoms with Gasteiger partial charge in [-0.3, -0.25) is 4.79 Å². The van der Waals surface area contributed by atoms with Crippen LogP contribution in [-0.4, -0.2) is 74.5 Å². The summed E-state index contributed by atoms with van der Waals surface area (Å²) in [6, 6.07) is 9.18. The van der Waals surface area contributed by atoms with Gasteiger partial charge in [0.2, 0.25) is 15.9 Å². The van der Waals surface area contributed by atoms with E-state index in [0.29, 0.717) is 23.4 Å². The Morgan fingerprint density at radius 2 is 1.82 bits per heavy atom. The molecule has 178 valence electrons. The number of hydrogen-bond acceptors (Lipinski definition) is 6. The van der Waals surface area contributed by atoms with Crippen LogP contribution in [0.2, 0.25) is 0 Å². The highest BCUT2D eigenvalue weighted by molar-refractivity contribution is 7.89. The monoisotopic (exact) mass is 474 g/mol. The molecular weight excluding hydrogens is 444 g/mol. The Kier molecular flexibility index (Phi) is 7.72. The van der Waals surface area contributed by atoms with Crippen LogP contribution in [0.5, 0.6) is 5.75 Å². The molecule has 0 bridgehead atoms. The summed E-state index contributed by atoms with van der Waals surface area (Å²) in [4.78, 5) is 21.5. The number of aromatic amines is 1. The summed E-state index contributed by atoms with van der Waals surface area (Å²) in [5.41, 5.74) is 3.99. The standard InChI is InChI=1S/C23H30N4O5S/c1-16-10-19(31-5)11-17(2)23(16)33(29,30)27(4)8-9-32-14-22(28)26(3)13-18-6-7-20-21(12-18)25-15-24-20/h6-7,10-12,15H,8-9,13-14H2,1-5H3,(H,24,25). The molecule has 1 aromatic heterocycles. The molecule has 2 aromatic carbocycles. The number of rotatable bonds is 10. The zero-order valence-corrected chi connectivity index (χ0v) is 20.4. The van der Waals surface area contributed by atoms with Gasteiger partial charge in [0, 0.05) is 27.2 Å². The number of imidazole rings is 1. The van der Waals surface area contributed by atoms with Crippen molar-refractivity contribution in [2.75, 3.05) is 41.0 Å². The summed E-state index contributed by atoms with van der Waals surface area (Å²) >= 11 is 0. The number of aromatic nitrogens is 2. The molecule has 0 saturated heterocycles. The molecule has 10 heteroatoms. The number of fused-ring (bicyclic) bond motifs is 1. The van der Waals surface area contributed by atoms with E-state index >= 15 is 0 Å². The molecule has 0 aliphatic carbocycles. The maximum Gasteiger partial charge on any atom is 0.248 e. The second-order valence-corrected chi connectivity index (χ2v) is 9.96. The number of carbonyl (C=O) groups is 1. The molecule has 9 nitrogen and oxygen atoms in total. The van der Waals surface area contributed by atoms with Gasteiger partial charge in [-0.2, -0.15) is 4.31 Å². The van der Waals surface area contributed by atoms with Gasteiger partial charge in [0.1, 0.15) is 12.4 Å². The van der Waals surface area contributed by atoms with Crippen molar-refractivity contribution in [3.63, 3.8) is 0 Å². The molecule has 0 unspecified atom stereocenters. The number of sulfonamides is 1. The number of carbonyl (C=O) groups excluding carboxylic acids is 1. The van der Waals surface area contributed by atoms with Gasteiger partial charge in [-0.1, -0.05) is 6.07 Å². The molecule has 33 heavy (non-hydrogen) atoms. The maximum absolute atomic E-state index is 13.0. The summed E-state index contributed by atoms with van der Waals surface area (Å²) in [6.45, 7) is 4.01. The van der Waals surface area contributed by atoms with Crippen LogP contribution in [-0.2, 0) is 26.1 Å². The number of amides is 1. The number of ether oxygens (including phenoxy) is 2. The van der Waals surface area contributed by atoms with E-state index in [9.17, 15) is 13.2 Å². The molecule has 0 saturated carbocycles. The quantitative estimate of drug-likeness (QED) is 0.453. The van der Waals surface area contributed by atoms with Crippen molar-refractivity contribution in [1.29, 1.82) is 0 Å². The van der Waals surface area contributed by atoms with Crippen molar-refractivity contribution in [1.82, 2.24) is 19.2 Å². The van der Waals surface area contributed by atoms with Crippen LogP contribution < -0.4 is 4.74 Å². The zero-order valence-electron chi connectivity index (χ0n) is 19.6. The number of H-pyrrole nitrogens is 1. The van der Waals surface area contributed by atoms with E-state index < -0.39 is 10.0 Å². The smallest absolute Gasteiger partial charge is 0.248 e. The SMILES string of the molecule is COc1cc(C)c(S(=O)(=O)N(C)CCOCC(=O)N(C)Cc2ccc3nc[nH]c3c2)c(C)c1.